The van der Waals surface area contributed by atoms with Crippen LogP contribution in [0.15, 0.2) is 30.7 Å². The lowest BCUT2D eigenvalue weighted by Crippen LogP contribution is -2.28. The number of aryl methyl sites for hydroxylation is 3. The maximum absolute atomic E-state index is 12.7. The van der Waals surface area contributed by atoms with Crippen molar-refractivity contribution >= 4 is 16.8 Å². The lowest BCUT2D eigenvalue weighted by Gasteiger charge is -2.12. The molecule has 0 aliphatic carbocycles. The second-order valence-electron chi connectivity index (χ2n) is 5.90. The van der Waals surface area contributed by atoms with Crippen molar-refractivity contribution in [3.05, 3.63) is 58.8 Å². The van der Waals surface area contributed by atoms with Crippen LogP contribution in [0.25, 0.3) is 10.9 Å². The molecule has 5 nitrogen and oxygen atoms in total. The topological polar surface area (TPSA) is 70.7 Å². The van der Waals surface area contributed by atoms with E-state index in [4.69, 9.17) is 0 Å². The van der Waals surface area contributed by atoms with Crippen molar-refractivity contribution in [3.63, 3.8) is 0 Å². The van der Waals surface area contributed by atoms with Crippen LogP contribution in [-0.4, -0.2) is 20.9 Å². The van der Waals surface area contributed by atoms with Gasteiger partial charge in [0, 0.05) is 17.1 Å². The number of rotatable bonds is 3. The van der Waals surface area contributed by atoms with E-state index in [9.17, 15) is 4.79 Å². The third-order valence-corrected chi connectivity index (χ3v) is 4.25. The molecule has 0 saturated carbocycles. The highest BCUT2D eigenvalue weighted by Gasteiger charge is 2.19. The van der Waals surface area contributed by atoms with Gasteiger partial charge in [-0.05, 0) is 50.5 Å². The highest BCUT2D eigenvalue weighted by molar-refractivity contribution is 6.02. The van der Waals surface area contributed by atoms with Gasteiger partial charge in [-0.3, -0.25) is 4.79 Å². The third kappa shape index (κ3) is 2.70. The van der Waals surface area contributed by atoms with Gasteiger partial charge in [-0.15, -0.1) is 0 Å². The van der Waals surface area contributed by atoms with Gasteiger partial charge in [-0.2, -0.15) is 0 Å². The number of carbonyl (C=O) groups excluding carboxylic acids is 1. The second-order valence-corrected chi connectivity index (χ2v) is 5.90. The average molecular weight is 308 g/mol. The summed E-state index contributed by atoms with van der Waals surface area (Å²) in [6.45, 7) is 8.00. The number of benzene rings is 1. The Morgan fingerprint density at radius 2 is 1.91 bits per heavy atom. The molecule has 23 heavy (non-hydrogen) atoms. The molecule has 1 atom stereocenters. The average Bonchev–Trinajstić information content (AvgIpc) is 2.91. The van der Waals surface area contributed by atoms with Crippen molar-refractivity contribution in [1.82, 2.24) is 20.3 Å². The zero-order valence-electron chi connectivity index (χ0n) is 13.8. The van der Waals surface area contributed by atoms with E-state index in [0.29, 0.717) is 5.69 Å². The minimum atomic E-state index is -0.182. The molecule has 1 aromatic carbocycles. The molecule has 0 saturated heterocycles. The van der Waals surface area contributed by atoms with Crippen molar-refractivity contribution in [2.45, 2.75) is 33.7 Å². The van der Waals surface area contributed by atoms with Gasteiger partial charge in [0.1, 0.15) is 12.0 Å². The van der Waals surface area contributed by atoms with Gasteiger partial charge in [0.2, 0.25) is 0 Å². The largest absolute Gasteiger partial charge is 0.350 e. The van der Waals surface area contributed by atoms with Crippen molar-refractivity contribution < 1.29 is 4.79 Å². The first-order chi connectivity index (χ1) is 11.0. The molecule has 1 amide bonds. The van der Waals surface area contributed by atoms with Crippen LogP contribution in [0.3, 0.4) is 0 Å². The molecule has 5 heteroatoms. The normalized spacial score (nSPS) is 12.3. The smallest absolute Gasteiger partial charge is 0.268 e. The summed E-state index contributed by atoms with van der Waals surface area (Å²) >= 11 is 0. The van der Waals surface area contributed by atoms with Gasteiger partial charge in [0.05, 0.1) is 11.7 Å². The number of fused-ring (bicyclic) bond motifs is 1. The fourth-order valence-corrected chi connectivity index (χ4v) is 2.93. The van der Waals surface area contributed by atoms with Crippen molar-refractivity contribution in [2.24, 2.45) is 0 Å². The molecule has 118 valence electrons. The molecule has 2 heterocycles. The van der Waals surface area contributed by atoms with E-state index < -0.39 is 0 Å². The Morgan fingerprint density at radius 1 is 1.17 bits per heavy atom. The summed E-state index contributed by atoms with van der Waals surface area (Å²) in [5, 5.41) is 4.12. The van der Waals surface area contributed by atoms with Crippen molar-refractivity contribution in [2.75, 3.05) is 0 Å². The van der Waals surface area contributed by atoms with Gasteiger partial charge in [-0.1, -0.05) is 12.1 Å². The second kappa shape index (κ2) is 5.83. The molecule has 0 fully saturated rings. The van der Waals surface area contributed by atoms with Crippen molar-refractivity contribution in [3.8, 4) is 0 Å². The summed E-state index contributed by atoms with van der Waals surface area (Å²) < 4.78 is 0. The van der Waals surface area contributed by atoms with E-state index in [-0.39, 0.29) is 11.9 Å². The van der Waals surface area contributed by atoms with Crippen LogP contribution >= 0.6 is 0 Å². The van der Waals surface area contributed by atoms with Crippen LogP contribution in [0, 0.1) is 20.8 Å². The maximum Gasteiger partial charge on any atom is 0.268 e. The Hall–Kier alpha value is -2.69. The molecular formula is C18H20N4O. The fourth-order valence-electron chi connectivity index (χ4n) is 2.93. The van der Waals surface area contributed by atoms with E-state index in [2.05, 4.69) is 39.3 Å². The third-order valence-electron chi connectivity index (χ3n) is 4.25. The summed E-state index contributed by atoms with van der Waals surface area (Å²) in [5.41, 5.74) is 5.71. The van der Waals surface area contributed by atoms with E-state index in [1.165, 1.54) is 11.9 Å². The molecule has 0 spiro atoms. The lowest BCUT2D eigenvalue weighted by atomic mass is 10.0. The van der Waals surface area contributed by atoms with E-state index in [0.717, 1.165) is 27.7 Å². The number of hydrogen-bond acceptors (Lipinski definition) is 3. The Morgan fingerprint density at radius 3 is 2.57 bits per heavy atom. The number of amides is 1. The highest BCUT2D eigenvalue weighted by atomic mass is 16.1. The number of H-pyrrole nitrogens is 1. The Labute approximate surface area is 135 Å². The Balaban J connectivity index is 1.94. The maximum atomic E-state index is 12.7. The first kappa shape index (κ1) is 15.2. The number of aromatic amines is 1. The summed E-state index contributed by atoms with van der Waals surface area (Å²) in [4.78, 5) is 24.0. The molecule has 0 bridgehead atoms. The zero-order valence-corrected chi connectivity index (χ0v) is 13.8. The highest BCUT2D eigenvalue weighted by Crippen LogP contribution is 2.27. The molecule has 0 unspecified atom stereocenters. The molecule has 0 radical (unpaired) electrons. The Bertz CT molecular complexity index is 868. The predicted molar refractivity (Wildman–Crippen MR) is 90.4 cm³/mol. The van der Waals surface area contributed by atoms with Crippen LogP contribution in [0.1, 0.15) is 45.8 Å². The van der Waals surface area contributed by atoms with Crippen LogP contribution in [0.4, 0.5) is 0 Å². The Kier molecular flexibility index (Phi) is 3.86. The monoisotopic (exact) mass is 308 g/mol. The quantitative estimate of drug-likeness (QED) is 0.779. The molecule has 0 aliphatic rings. The van der Waals surface area contributed by atoms with Crippen LogP contribution in [-0.2, 0) is 0 Å². The SMILES string of the molecule is Cc1ccc(C)c2c(C)c(C(=O)N[C@@H](C)c3ccncn3)[nH]c12. The predicted octanol–water partition coefficient (Wildman–Crippen LogP) is 3.37. The molecule has 2 N–H and O–H groups in total. The molecule has 3 aromatic rings. The minimum Gasteiger partial charge on any atom is -0.350 e. The molecule has 0 aliphatic heterocycles. The number of hydrogen-bond donors (Lipinski definition) is 2. The van der Waals surface area contributed by atoms with E-state index in [1.807, 2.05) is 20.8 Å². The van der Waals surface area contributed by atoms with Gasteiger partial charge in [-0.25, -0.2) is 9.97 Å². The van der Waals surface area contributed by atoms with Crippen LogP contribution in [0.2, 0.25) is 0 Å². The van der Waals surface area contributed by atoms with E-state index >= 15 is 0 Å². The zero-order chi connectivity index (χ0) is 16.6. The first-order valence-corrected chi connectivity index (χ1v) is 7.64. The summed E-state index contributed by atoms with van der Waals surface area (Å²) in [5.74, 6) is -0.122. The summed E-state index contributed by atoms with van der Waals surface area (Å²) in [7, 11) is 0. The van der Waals surface area contributed by atoms with Gasteiger partial charge in [0.15, 0.2) is 0 Å². The molecule has 2 aromatic heterocycles. The summed E-state index contributed by atoms with van der Waals surface area (Å²) in [6.07, 6.45) is 3.16. The summed E-state index contributed by atoms with van der Waals surface area (Å²) in [6, 6.07) is 5.78. The number of aromatic nitrogens is 3. The van der Waals surface area contributed by atoms with Gasteiger partial charge >= 0.3 is 0 Å². The first-order valence-electron chi connectivity index (χ1n) is 7.64. The standard InChI is InChI=1S/C18H20N4O/c1-10-5-6-11(2)16-15(10)12(3)17(22-16)18(23)21-13(4)14-7-8-19-9-20-14/h5-9,13,22H,1-4H3,(H,21,23)/t13-/m0/s1. The van der Waals surface area contributed by atoms with Crippen LogP contribution < -0.4 is 5.32 Å². The van der Waals surface area contributed by atoms with Gasteiger partial charge in [0.25, 0.3) is 5.91 Å². The van der Waals surface area contributed by atoms with Crippen LogP contribution in [0.5, 0.6) is 0 Å². The van der Waals surface area contributed by atoms with Gasteiger partial charge < -0.3 is 10.3 Å². The number of nitrogens with one attached hydrogen (secondary N) is 2. The molecular weight excluding hydrogens is 288 g/mol. The molecule has 3 rings (SSSR count). The lowest BCUT2D eigenvalue weighted by molar-refractivity contribution is 0.0934. The number of nitrogens with zero attached hydrogens (tertiary/aromatic N) is 2. The number of carbonyl (C=O) groups is 1. The fraction of sp³-hybridized carbons (Fsp3) is 0.278. The van der Waals surface area contributed by atoms with E-state index in [1.54, 1.807) is 12.3 Å². The minimum absolute atomic E-state index is 0.122. The van der Waals surface area contributed by atoms with Crippen molar-refractivity contribution in [1.29, 1.82) is 0 Å².